The Kier molecular flexibility index (Phi) is 7.58. The Morgan fingerprint density at radius 2 is 1.81 bits per heavy atom. The Morgan fingerprint density at radius 3 is 2.12 bits per heavy atom. The van der Waals surface area contributed by atoms with Crippen molar-refractivity contribution in [3.05, 3.63) is 0 Å². The smallest absolute Gasteiger partial charge is 0.336 e. The zero-order chi connectivity index (χ0) is 12.6. The number of carboxylic acids is 1. The minimum absolute atomic E-state index is 0.0725. The monoisotopic (exact) mass is 254 g/mol. The van der Waals surface area contributed by atoms with Crippen molar-refractivity contribution in [1.82, 2.24) is 0 Å². The lowest BCUT2D eigenvalue weighted by Gasteiger charge is -2.24. The van der Waals surface area contributed by atoms with E-state index in [9.17, 15) is 9.36 Å². The predicted molar refractivity (Wildman–Crippen MR) is 58.6 cm³/mol. The summed E-state index contributed by atoms with van der Waals surface area (Å²) < 4.78 is 22.2. The van der Waals surface area contributed by atoms with Crippen LogP contribution in [0.25, 0.3) is 0 Å². The van der Waals surface area contributed by atoms with Crippen molar-refractivity contribution in [2.45, 2.75) is 32.3 Å². The van der Waals surface area contributed by atoms with Gasteiger partial charge in [-0.15, -0.1) is 0 Å². The maximum Gasteiger partial charge on any atom is 0.336 e. The Labute approximate surface area is 95.1 Å². The highest BCUT2D eigenvalue weighted by atomic mass is 31.2. The second kappa shape index (κ2) is 7.79. The zero-order valence-corrected chi connectivity index (χ0v) is 10.5. The van der Waals surface area contributed by atoms with Gasteiger partial charge in [-0.2, -0.15) is 0 Å². The molecule has 16 heavy (non-hydrogen) atoms. The van der Waals surface area contributed by atoms with Crippen LogP contribution >= 0.6 is 7.60 Å². The quantitative estimate of drug-likeness (QED) is 0.605. The minimum Gasteiger partial charge on any atom is -0.481 e. The van der Waals surface area contributed by atoms with Crippen LogP contribution in [0.1, 0.15) is 26.7 Å². The molecule has 0 heterocycles. The number of aliphatic carboxylic acids is 1. The van der Waals surface area contributed by atoms with E-state index in [2.05, 4.69) is 0 Å². The van der Waals surface area contributed by atoms with Gasteiger partial charge in [-0.3, -0.25) is 9.36 Å². The largest absolute Gasteiger partial charge is 0.481 e. The summed E-state index contributed by atoms with van der Waals surface area (Å²) in [5.74, 6) is -1.00. The summed E-state index contributed by atoms with van der Waals surface area (Å²) in [6, 6.07) is 0. The molecule has 6 nitrogen and oxygen atoms in total. The zero-order valence-electron chi connectivity index (χ0n) is 9.59. The van der Waals surface area contributed by atoms with Crippen molar-refractivity contribution in [3.8, 4) is 0 Å². The van der Waals surface area contributed by atoms with Gasteiger partial charge in [0.05, 0.1) is 25.5 Å². The van der Waals surface area contributed by atoms with E-state index in [0.29, 0.717) is 0 Å². The highest BCUT2D eigenvalue weighted by Crippen LogP contribution is 2.54. The third-order valence-corrected chi connectivity index (χ3v) is 4.52. The second-order valence-corrected chi connectivity index (χ2v) is 5.47. The molecule has 0 aliphatic carbocycles. The van der Waals surface area contributed by atoms with E-state index in [-0.39, 0.29) is 26.1 Å². The van der Waals surface area contributed by atoms with Gasteiger partial charge >= 0.3 is 13.6 Å². The highest BCUT2D eigenvalue weighted by molar-refractivity contribution is 7.54. The fraction of sp³-hybridized carbons (Fsp3) is 0.889. The minimum atomic E-state index is -3.40. The lowest BCUT2D eigenvalue weighted by Crippen LogP contribution is -2.19. The van der Waals surface area contributed by atoms with Crippen molar-refractivity contribution >= 4 is 13.6 Å². The molecule has 0 aromatic rings. The van der Waals surface area contributed by atoms with Crippen molar-refractivity contribution in [2.24, 2.45) is 0 Å². The van der Waals surface area contributed by atoms with Gasteiger partial charge in [0.2, 0.25) is 0 Å². The van der Waals surface area contributed by atoms with Crippen molar-refractivity contribution < 1.29 is 28.6 Å². The fourth-order valence-corrected chi connectivity index (χ4v) is 3.11. The van der Waals surface area contributed by atoms with Gasteiger partial charge in [-0.1, -0.05) is 0 Å². The van der Waals surface area contributed by atoms with Gasteiger partial charge in [0.15, 0.2) is 0 Å². The third kappa shape index (κ3) is 5.07. The van der Waals surface area contributed by atoms with E-state index < -0.39 is 25.8 Å². The Bertz CT molecular complexity index is 244. The van der Waals surface area contributed by atoms with E-state index in [4.69, 9.17) is 19.3 Å². The van der Waals surface area contributed by atoms with E-state index in [0.717, 1.165) is 0 Å². The van der Waals surface area contributed by atoms with Crippen LogP contribution in [0, 0.1) is 0 Å². The first-order chi connectivity index (χ1) is 7.50. The molecule has 0 fully saturated rings. The van der Waals surface area contributed by atoms with Gasteiger partial charge in [-0.05, 0) is 20.3 Å². The number of hydrogen-bond acceptors (Lipinski definition) is 5. The maximum absolute atomic E-state index is 12.2. The predicted octanol–water partition coefficient (Wildman–Crippen LogP) is 1.48. The van der Waals surface area contributed by atoms with Crippen LogP contribution in [0.4, 0.5) is 0 Å². The lowest BCUT2D eigenvalue weighted by molar-refractivity contribution is -0.137. The molecule has 0 radical (unpaired) electrons. The molecule has 0 aliphatic rings. The maximum atomic E-state index is 12.2. The van der Waals surface area contributed by atoms with Crippen LogP contribution in [-0.4, -0.2) is 41.7 Å². The van der Waals surface area contributed by atoms with Crippen LogP contribution in [0.5, 0.6) is 0 Å². The van der Waals surface area contributed by atoms with Crippen molar-refractivity contribution in [3.63, 3.8) is 0 Å². The summed E-state index contributed by atoms with van der Waals surface area (Å²) in [7, 11) is -3.40. The van der Waals surface area contributed by atoms with Crippen LogP contribution in [0.3, 0.4) is 0 Å². The molecular formula is C9H19O6P. The molecule has 1 atom stereocenters. The first-order valence-electron chi connectivity index (χ1n) is 5.21. The Balaban J connectivity index is 4.57. The molecule has 1 unspecified atom stereocenters. The third-order valence-electron chi connectivity index (χ3n) is 1.97. The number of rotatable bonds is 9. The average Bonchev–Trinajstić information content (AvgIpc) is 2.18. The standard InChI is InChI=1S/C9H19O6P/c1-3-14-16(13,15-4-2)8(7-10)5-6-9(11)12/h8,10H,3-7H2,1-2H3,(H,11,12). The summed E-state index contributed by atoms with van der Waals surface area (Å²) >= 11 is 0. The lowest BCUT2D eigenvalue weighted by atomic mass is 10.2. The number of aliphatic hydroxyl groups is 1. The molecule has 0 spiro atoms. The van der Waals surface area contributed by atoms with Gasteiger partial charge in [-0.25, -0.2) is 0 Å². The van der Waals surface area contributed by atoms with Crippen LogP contribution in [0.2, 0.25) is 0 Å². The summed E-state index contributed by atoms with van der Waals surface area (Å²) in [6.07, 6.45) is -0.0987. The molecule has 0 saturated heterocycles. The first kappa shape index (κ1) is 15.6. The van der Waals surface area contributed by atoms with Gasteiger partial charge < -0.3 is 19.3 Å². The molecule has 2 N–H and O–H groups in total. The first-order valence-corrected chi connectivity index (χ1v) is 6.82. The summed E-state index contributed by atoms with van der Waals surface area (Å²) in [6.45, 7) is 3.31. The molecular weight excluding hydrogens is 235 g/mol. The number of carboxylic acid groups (broad SMARTS) is 1. The van der Waals surface area contributed by atoms with Gasteiger partial charge in [0.1, 0.15) is 0 Å². The highest BCUT2D eigenvalue weighted by Gasteiger charge is 2.35. The molecule has 0 saturated carbocycles. The molecule has 0 aromatic heterocycles. The Hall–Kier alpha value is -0.420. The number of aliphatic hydroxyl groups excluding tert-OH is 1. The summed E-state index contributed by atoms with van der Waals surface area (Å²) in [5, 5.41) is 17.6. The average molecular weight is 254 g/mol. The fourth-order valence-electron chi connectivity index (χ4n) is 1.25. The molecule has 96 valence electrons. The summed E-state index contributed by atoms with van der Waals surface area (Å²) in [4.78, 5) is 10.4. The van der Waals surface area contributed by atoms with Crippen LogP contribution < -0.4 is 0 Å². The molecule has 0 bridgehead atoms. The number of carbonyl (C=O) groups is 1. The topological polar surface area (TPSA) is 93.1 Å². The normalized spacial score (nSPS) is 13.7. The van der Waals surface area contributed by atoms with Gasteiger partial charge in [0.25, 0.3) is 0 Å². The van der Waals surface area contributed by atoms with E-state index in [1.807, 2.05) is 0 Å². The van der Waals surface area contributed by atoms with E-state index in [1.165, 1.54) is 0 Å². The van der Waals surface area contributed by atoms with Crippen LogP contribution in [0.15, 0.2) is 0 Å². The second-order valence-electron chi connectivity index (χ2n) is 3.14. The SMILES string of the molecule is CCOP(=O)(OCC)C(CO)CCC(=O)O. The molecule has 0 amide bonds. The molecule has 0 aromatic carbocycles. The van der Waals surface area contributed by atoms with Crippen LogP contribution in [-0.2, 0) is 18.4 Å². The van der Waals surface area contributed by atoms with Crippen molar-refractivity contribution in [2.75, 3.05) is 19.8 Å². The van der Waals surface area contributed by atoms with Crippen molar-refractivity contribution in [1.29, 1.82) is 0 Å². The molecule has 0 aliphatic heterocycles. The van der Waals surface area contributed by atoms with E-state index in [1.54, 1.807) is 13.8 Å². The Morgan fingerprint density at radius 1 is 1.31 bits per heavy atom. The molecule has 0 rings (SSSR count). The molecule has 7 heteroatoms. The number of hydrogen-bond donors (Lipinski definition) is 2. The van der Waals surface area contributed by atoms with E-state index >= 15 is 0 Å². The van der Waals surface area contributed by atoms with Gasteiger partial charge in [0, 0.05) is 6.42 Å². The summed E-state index contributed by atoms with van der Waals surface area (Å²) in [5.41, 5.74) is -0.775.